The summed E-state index contributed by atoms with van der Waals surface area (Å²) < 4.78 is 36.2. The minimum absolute atomic E-state index is 0.0220. The maximum Gasteiger partial charge on any atom is 0.150 e. The predicted octanol–water partition coefficient (Wildman–Crippen LogP) is 2.06. The molecule has 1 aliphatic heterocycles. The molecule has 1 N–H and O–H groups in total. The van der Waals surface area contributed by atoms with Crippen LogP contribution in [0.2, 0.25) is 0 Å². The summed E-state index contributed by atoms with van der Waals surface area (Å²) >= 11 is 3.03. The van der Waals surface area contributed by atoms with Crippen LogP contribution in [0.1, 0.15) is 18.1 Å². The highest BCUT2D eigenvalue weighted by atomic mass is 79.9. The Morgan fingerprint density at radius 2 is 2.18 bits per heavy atom. The van der Waals surface area contributed by atoms with Crippen LogP contribution in [0.25, 0.3) is 0 Å². The molecule has 1 fully saturated rings. The zero-order valence-electron chi connectivity index (χ0n) is 8.94. The Kier molecular flexibility index (Phi) is 3.56. The minimum Gasteiger partial charge on any atom is -0.388 e. The number of hydrogen-bond acceptors (Lipinski definition) is 3. The summed E-state index contributed by atoms with van der Waals surface area (Å²) in [7, 11) is -3.03. The molecule has 2 rings (SSSR count). The van der Waals surface area contributed by atoms with Crippen molar-refractivity contribution in [2.45, 2.75) is 12.5 Å². The Bertz CT molecular complexity index is 530. The molecule has 17 heavy (non-hydrogen) atoms. The second-order valence-corrected chi connectivity index (χ2v) is 7.36. The van der Waals surface area contributed by atoms with Crippen molar-refractivity contribution in [2.24, 2.45) is 5.92 Å². The molecule has 1 aromatic rings. The molecule has 0 aliphatic carbocycles. The number of rotatable bonds is 2. The van der Waals surface area contributed by atoms with Crippen molar-refractivity contribution >= 4 is 25.8 Å². The molecule has 6 heteroatoms. The first kappa shape index (κ1) is 13.0. The lowest BCUT2D eigenvalue weighted by molar-refractivity contribution is 0.120. The fraction of sp³-hybridized carbons (Fsp3) is 0.455. The van der Waals surface area contributed by atoms with Crippen LogP contribution in [0.4, 0.5) is 4.39 Å². The van der Waals surface area contributed by atoms with Crippen LogP contribution >= 0.6 is 15.9 Å². The van der Waals surface area contributed by atoms with Crippen molar-refractivity contribution in [2.75, 3.05) is 11.5 Å². The van der Waals surface area contributed by atoms with Gasteiger partial charge in [0.05, 0.1) is 22.1 Å². The van der Waals surface area contributed by atoms with Gasteiger partial charge < -0.3 is 5.11 Å². The lowest BCUT2D eigenvalue weighted by atomic mass is 9.95. The van der Waals surface area contributed by atoms with Gasteiger partial charge in [0.1, 0.15) is 5.82 Å². The Balaban J connectivity index is 2.20. The molecule has 0 aromatic heterocycles. The molecule has 0 radical (unpaired) electrons. The lowest BCUT2D eigenvalue weighted by Crippen LogP contribution is -2.14. The standard InChI is InChI=1S/C11H12BrFO3S/c12-9-2-1-7(5-10(9)13)11(14)8-3-4-17(15,16)6-8/h1-2,5,8,11,14H,3-4,6H2. The average molecular weight is 323 g/mol. The van der Waals surface area contributed by atoms with Crippen molar-refractivity contribution in [1.82, 2.24) is 0 Å². The van der Waals surface area contributed by atoms with Gasteiger partial charge in [-0.05, 0) is 40.0 Å². The number of sulfone groups is 1. The SMILES string of the molecule is O=S1(=O)CCC(C(O)c2ccc(Br)c(F)c2)C1. The molecule has 2 unspecified atom stereocenters. The summed E-state index contributed by atoms with van der Waals surface area (Å²) in [6, 6.07) is 4.35. The number of aliphatic hydroxyl groups excluding tert-OH is 1. The van der Waals surface area contributed by atoms with Crippen LogP contribution < -0.4 is 0 Å². The quantitative estimate of drug-likeness (QED) is 0.906. The first-order valence-corrected chi connectivity index (χ1v) is 7.84. The van der Waals surface area contributed by atoms with E-state index < -0.39 is 21.8 Å². The molecule has 94 valence electrons. The summed E-state index contributed by atoms with van der Waals surface area (Å²) in [6.07, 6.45) is -0.490. The largest absolute Gasteiger partial charge is 0.388 e. The average Bonchev–Trinajstić information content (AvgIpc) is 2.62. The van der Waals surface area contributed by atoms with Gasteiger partial charge in [-0.2, -0.15) is 0 Å². The third-order valence-electron chi connectivity index (χ3n) is 3.00. The first-order valence-electron chi connectivity index (χ1n) is 5.22. The van der Waals surface area contributed by atoms with Gasteiger partial charge in [-0.25, -0.2) is 12.8 Å². The van der Waals surface area contributed by atoms with Crippen LogP contribution in [0.3, 0.4) is 0 Å². The van der Waals surface area contributed by atoms with Gasteiger partial charge in [0.15, 0.2) is 9.84 Å². The van der Waals surface area contributed by atoms with Gasteiger partial charge in [0, 0.05) is 5.92 Å². The number of hydrogen-bond donors (Lipinski definition) is 1. The Hall–Kier alpha value is -0.460. The summed E-state index contributed by atoms with van der Waals surface area (Å²) in [6.45, 7) is 0. The van der Waals surface area contributed by atoms with E-state index in [9.17, 15) is 17.9 Å². The molecule has 0 bridgehead atoms. The van der Waals surface area contributed by atoms with E-state index in [1.165, 1.54) is 12.1 Å². The van der Waals surface area contributed by atoms with Crippen molar-refractivity contribution in [3.63, 3.8) is 0 Å². The van der Waals surface area contributed by atoms with Crippen LogP contribution in [0.5, 0.6) is 0 Å². The molecule has 0 amide bonds. The smallest absolute Gasteiger partial charge is 0.150 e. The molecule has 1 aliphatic rings. The second kappa shape index (κ2) is 4.66. The van der Waals surface area contributed by atoms with E-state index in [1.807, 2.05) is 0 Å². The highest BCUT2D eigenvalue weighted by molar-refractivity contribution is 9.10. The summed E-state index contributed by atoms with van der Waals surface area (Å²) in [4.78, 5) is 0. The van der Waals surface area contributed by atoms with E-state index >= 15 is 0 Å². The molecule has 0 spiro atoms. The molecule has 1 aromatic carbocycles. The van der Waals surface area contributed by atoms with E-state index in [0.29, 0.717) is 16.5 Å². The maximum atomic E-state index is 13.3. The summed E-state index contributed by atoms with van der Waals surface area (Å²) in [5.74, 6) is -0.706. The molecule has 0 saturated carbocycles. The van der Waals surface area contributed by atoms with Crippen molar-refractivity contribution in [3.05, 3.63) is 34.1 Å². The van der Waals surface area contributed by atoms with Gasteiger partial charge in [0.25, 0.3) is 0 Å². The fourth-order valence-corrected chi connectivity index (χ4v) is 4.12. The van der Waals surface area contributed by atoms with Crippen molar-refractivity contribution in [1.29, 1.82) is 0 Å². The van der Waals surface area contributed by atoms with E-state index in [4.69, 9.17) is 0 Å². The van der Waals surface area contributed by atoms with Crippen LogP contribution in [0, 0.1) is 11.7 Å². The molecular weight excluding hydrogens is 311 g/mol. The topological polar surface area (TPSA) is 54.4 Å². The van der Waals surface area contributed by atoms with Gasteiger partial charge in [-0.1, -0.05) is 6.07 Å². The van der Waals surface area contributed by atoms with Crippen LogP contribution in [0.15, 0.2) is 22.7 Å². The lowest BCUT2D eigenvalue weighted by Gasteiger charge is -2.17. The normalized spacial score (nSPS) is 24.8. The highest BCUT2D eigenvalue weighted by Gasteiger charge is 2.33. The van der Waals surface area contributed by atoms with E-state index in [1.54, 1.807) is 6.07 Å². The second-order valence-electron chi connectivity index (χ2n) is 4.28. The fourth-order valence-electron chi connectivity index (χ4n) is 2.04. The van der Waals surface area contributed by atoms with Crippen LogP contribution in [-0.2, 0) is 9.84 Å². The van der Waals surface area contributed by atoms with E-state index in [0.717, 1.165) is 0 Å². The van der Waals surface area contributed by atoms with Gasteiger partial charge >= 0.3 is 0 Å². The van der Waals surface area contributed by atoms with E-state index in [-0.39, 0.29) is 17.4 Å². The number of benzene rings is 1. The Labute approximate surface area is 108 Å². The Morgan fingerprint density at radius 3 is 2.71 bits per heavy atom. The third kappa shape index (κ3) is 2.86. The van der Waals surface area contributed by atoms with Crippen LogP contribution in [-0.4, -0.2) is 25.0 Å². The van der Waals surface area contributed by atoms with Gasteiger partial charge in [-0.15, -0.1) is 0 Å². The van der Waals surface area contributed by atoms with Gasteiger partial charge in [-0.3, -0.25) is 0 Å². The zero-order chi connectivity index (χ0) is 12.6. The predicted molar refractivity (Wildman–Crippen MR) is 65.8 cm³/mol. The number of aliphatic hydroxyl groups is 1. The minimum atomic E-state index is -3.03. The monoisotopic (exact) mass is 322 g/mol. The summed E-state index contributed by atoms with van der Waals surface area (Å²) in [5, 5.41) is 10.0. The maximum absolute atomic E-state index is 13.3. The van der Waals surface area contributed by atoms with Crippen molar-refractivity contribution in [3.8, 4) is 0 Å². The van der Waals surface area contributed by atoms with Gasteiger partial charge in [0.2, 0.25) is 0 Å². The summed E-state index contributed by atoms with van der Waals surface area (Å²) in [5.41, 5.74) is 0.424. The zero-order valence-corrected chi connectivity index (χ0v) is 11.3. The molecule has 2 atom stereocenters. The molecule has 1 saturated heterocycles. The molecular formula is C11H12BrFO3S. The third-order valence-corrected chi connectivity index (χ3v) is 5.44. The Morgan fingerprint density at radius 1 is 1.47 bits per heavy atom. The van der Waals surface area contributed by atoms with E-state index in [2.05, 4.69) is 15.9 Å². The molecule has 1 heterocycles. The number of halogens is 2. The molecule has 3 nitrogen and oxygen atoms in total. The first-order chi connectivity index (χ1) is 7.89. The van der Waals surface area contributed by atoms with Crippen molar-refractivity contribution < 1.29 is 17.9 Å². The highest BCUT2D eigenvalue weighted by Crippen LogP contribution is 2.32.